The zero-order valence-corrected chi connectivity index (χ0v) is 21.3. The molecule has 0 aromatic heterocycles. The summed E-state index contributed by atoms with van der Waals surface area (Å²) in [7, 11) is 12.9. The molecule has 2 atom stereocenters. The molecule has 0 heterocycles. The third kappa shape index (κ3) is 5.81. The van der Waals surface area contributed by atoms with Gasteiger partial charge in [-0.2, -0.15) is 0 Å². The predicted octanol–water partition coefficient (Wildman–Crippen LogP) is 5.38. The van der Waals surface area contributed by atoms with E-state index >= 15 is 0 Å². The van der Waals surface area contributed by atoms with Crippen LogP contribution in [0.2, 0.25) is 0 Å². The van der Waals surface area contributed by atoms with E-state index < -0.39 is 15.5 Å². The fraction of sp³-hybridized carbons (Fsp3) is 0.455. The molecule has 0 spiro atoms. The van der Waals surface area contributed by atoms with E-state index in [4.69, 9.17) is 30.3 Å². The summed E-state index contributed by atoms with van der Waals surface area (Å²) < 4.78 is 2.11. The Kier molecular flexibility index (Phi) is 8.58. The number of halogens is 2. The van der Waals surface area contributed by atoms with Gasteiger partial charge < -0.3 is 0 Å². The van der Waals surface area contributed by atoms with Crippen molar-refractivity contribution in [1.29, 1.82) is 0 Å². The Morgan fingerprint density at radius 1 is 0.714 bits per heavy atom. The molecule has 2 unspecified atom stereocenters. The van der Waals surface area contributed by atoms with E-state index in [2.05, 4.69) is 69.3 Å². The summed E-state index contributed by atoms with van der Waals surface area (Å²) in [5, 5.41) is 0. The SMILES string of the molecule is Cc1cc(C)c(C(N)C[N](CC(N)c2c(C)cc(C)cc2C)[Pt]([Cl])[Cl])c(C)c1. The van der Waals surface area contributed by atoms with E-state index in [0.29, 0.717) is 13.1 Å². The van der Waals surface area contributed by atoms with Crippen molar-refractivity contribution in [1.82, 2.24) is 3.46 Å². The number of hydrogen-bond acceptors (Lipinski definition) is 3. The maximum absolute atomic E-state index is 6.60. The monoisotopic (exact) mass is 603 g/mol. The molecule has 28 heavy (non-hydrogen) atoms. The number of benzene rings is 2. The molecule has 0 aliphatic heterocycles. The van der Waals surface area contributed by atoms with Crippen molar-refractivity contribution < 1.29 is 15.5 Å². The molecule has 3 nitrogen and oxygen atoms in total. The van der Waals surface area contributed by atoms with Gasteiger partial charge in [-0.1, -0.05) is 0 Å². The van der Waals surface area contributed by atoms with Crippen LogP contribution in [0.15, 0.2) is 24.3 Å². The minimum absolute atomic E-state index is 0.148. The van der Waals surface area contributed by atoms with Crippen molar-refractivity contribution >= 4 is 18.8 Å². The van der Waals surface area contributed by atoms with Crippen molar-refractivity contribution in [3.63, 3.8) is 0 Å². The summed E-state index contributed by atoms with van der Waals surface area (Å²) in [6, 6.07) is 8.41. The molecule has 2 aromatic carbocycles. The fourth-order valence-electron chi connectivity index (χ4n) is 4.30. The third-order valence-electron chi connectivity index (χ3n) is 5.14. The Bertz CT molecular complexity index is 727. The Hall–Kier alpha value is -0.412. The van der Waals surface area contributed by atoms with Gasteiger partial charge in [0, 0.05) is 0 Å². The van der Waals surface area contributed by atoms with E-state index in [1.807, 2.05) is 0 Å². The van der Waals surface area contributed by atoms with Crippen molar-refractivity contribution in [2.45, 2.75) is 53.6 Å². The second-order valence-electron chi connectivity index (χ2n) is 7.78. The number of hydrogen-bond donors (Lipinski definition) is 2. The van der Waals surface area contributed by atoms with Crippen LogP contribution in [0.1, 0.15) is 56.6 Å². The van der Waals surface area contributed by atoms with Gasteiger partial charge in [0.1, 0.15) is 0 Å². The molecule has 0 fully saturated rings. The van der Waals surface area contributed by atoms with E-state index in [9.17, 15) is 0 Å². The predicted molar refractivity (Wildman–Crippen MR) is 118 cm³/mol. The standard InChI is InChI=1S/C22H32N3.2ClH.Pt/c1-13-7-15(3)21(16(4)8-13)19(23)11-25-12-20(24)22-17(5)9-14(2)10-18(22)6;;;/h7-10,19-20H,11-12,23-24H2,1-6H3;2*1H;/q-1;;;+3/p-2. The summed E-state index contributed by atoms with van der Waals surface area (Å²) in [4.78, 5) is 0. The number of nitrogens with zero attached hydrogens (tertiary/aromatic N) is 1. The zero-order valence-electron chi connectivity index (χ0n) is 17.6. The summed E-state index contributed by atoms with van der Waals surface area (Å²) >= 11 is -2.30. The van der Waals surface area contributed by atoms with Gasteiger partial charge in [-0.05, 0) is 0 Å². The first-order valence-electron chi connectivity index (χ1n) is 9.38. The maximum atomic E-state index is 6.60. The first-order valence-corrected chi connectivity index (χ1v) is 16.0. The zero-order chi connectivity index (χ0) is 21.2. The van der Waals surface area contributed by atoms with Crippen LogP contribution in [0.25, 0.3) is 0 Å². The average Bonchev–Trinajstić information content (AvgIpc) is 2.51. The molecule has 0 aliphatic rings. The van der Waals surface area contributed by atoms with Crippen molar-refractivity contribution in [2.75, 3.05) is 13.1 Å². The van der Waals surface area contributed by atoms with Crippen LogP contribution in [-0.4, -0.2) is 16.5 Å². The van der Waals surface area contributed by atoms with E-state index in [1.165, 1.54) is 44.5 Å². The van der Waals surface area contributed by atoms with Crippen LogP contribution in [0.3, 0.4) is 0 Å². The Balaban J connectivity index is 2.23. The molecular weight excluding hydrogens is 572 g/mol. The first kappa shape index (κ1) is 23.9. The van der Waals surface area contributed by atoms with Crippen LogP contribution in [0.4, 0.5) is 0 Å². The Labute approximate surface area is 184 Å². The van der Waals surface area contributed by atoms with Gasteiger partial charge in [0.05, 0.1) is 0 Å². The van der Waals surface area contributed by atoms with E-state index in [1.54, 1.807) is 0 Å². The van der Waals surface area contributed by atoms with E-state index in [0.717, 1.165) is 0 Å². The topological polar surface area (TPSA) is 55.3 Å². The number of aryl methyl sites for hydroxylation is 6. The summed E-state index contributed by atoms with van der Waals surface area (Å²) in [5.74, 6) is 0. The quantitative estimate of drug-likeness (QED) is 0.447. The molecule has 0 saturated heterocycles. The second kappa shape index (κ2) is 10.1. The van der Waals surface area contributed by atoms with Gasteiger partial charge in [0.2, 0.25) is 0 Å². The Morgan fingerprint density at radius 2 is 1.00 bits per heavy atom. The molecule has 0 bridgehead atoms. The summed E-state index contributed by atoms with van der Waals surface area (Å²) in [6.07, 6.45) is 0. The average molecular weight is 605 g/mol. The van der Waals surface area contributed by atoms with Crippen LogP contribution in [0, 0.1) is 41.5 Å². The van der Waals surface area contributed by atoms with Gasteiger partial charge in [0.25, 0.3) is 0 Å². The van der Waals surface area contributed by atoms with Crippen molar-refractivity contribution in [3.05, 3.63) is 68.8 Å². The second-order valence-corrected chi connectivity index (χ2v) is 15.0. The molecule has 0 radical (unpaired) electrons. The van der Waals surface area contributed by atoms with Crippen LogP contribution in [-0.2, 0) is 15.5 Å². The van der Waals surface area contributed by atoms with Gasteiger partial charge in [-0.3, -0.25) is 0 Å². The summed E-state index contributed by atoms with van der Waals surface area (Å²) in [5.41, 5.74) is 22.9. The first-order chi connectivity index (χ1) is 13.0. The minimum atomic E-state index is -2.30. The summed E-state index contributed by atoms with van der Waals surface area (Å²) in [6.45, 7) is 13.9. The van der Waals surface area contributed by atoms with Gasteiger partial charge in [-0.25, -0.2) is 0 Å². The van der Waals surface area contributed by atoms with Crippen LogP contribution in [0.5, 0.6) is 0 Å². The normalized spacial score (nSPS) is 14.3. The molecular formula is C22H32Cl2N3Pt. The van der Waals surface area contributed by atoms with Crippen molar-refractivity contribution in [3.8, 4) is 0 Å². The molecule has 2 aromatic rings. The molecule has 159 valence electrons. The molecule has 4 N–H and O–H groups in total. The molecule has 6 heteroatoms. The van der Waals surface area contributed by atoms with Gasteiger partial charge >= 0.3 is 185 Å². The van der Waals surface area contributed by atoms with Crippen molar-refractivity contribution in [2.24, 2.45) is 11.5 Å². The number of nitrogens with two attached hydrogens (primary N) is 2. The molecule has 2 rings (SSSR count). The molecule has 0 saturated carbocycles. The van der Waals surface area contributed by atoms with Gasteiger partial charge in [0.15, 0.2) is 0 Å². The Morgan fingerprint density at radius 3 is 1.25 bits per heavy atom. The molecule has 0 aliphatic carbocycles. The van der Waals surface area contributed by atoms with Crippen LogP contribution >= 0.6 is 18.8 Å². The third-order valence-corrected chi connectivity index (χ3v) is 9.53. The van der Waals surface area contributed by atoms with E-state index in [-0.39, 0.29) is 12.1 Å². The molecule has 0 amide bonds. The van der Waals surface area contributed by atoms with Crippen LogP contribution < -0.4 is 11.5 Å². The fourth-order valence-corrected chi connectivity index (χ4v) is 7.25. The number of rotatable bonds is 7. The van der Waals surface area contributed by atoms with Gasteiger partial charge in [-0.15, -0.1) is 0 Å².